The van der Waals surface area contributed by atoms with E-state index in [9.17, 15) is 0 Å². The minimum absolute atomic E-state index is 0.320. The maximum atomic E-state index is 3.98. The second kappa shape index (κ2) is 4.66. The molecule has 1 nitrogen and oxygen atoms in total. The fraction of sp³-hybridized carbons (Fsp3) is 0.500. The first-order valence-corrected chi connectivity index (χ1v) is 6.80. The first-order valence-electron chi connectivity index (χ1n) is 6.80. The van der Waals surface area contributed by atoms with E-state index in [1.165, 1.54) is 31.2 Å². The van der Waals surface area contributed by atoms with Crippen molar-refractivity contribution in [1.29, 1.82) is 0 Å². The molecule has 0 amide bonds. The molecule has 4 atom stereocenters. The number of hydrogen-bond acceptors (Lipinski definition) is 1. The molecule has 0 radical (unpaired) electrons. The fourth-order valence-corrected chi connectivity index (χ4v) is 3.64. The molecule has 1 heteroatoms. The Morgan fingerprint density at radius 3 is 2.59 bits per heavy atom. The van der Waals surface area contributed by atoms with Crippen molar-refractivity contribution in [2.24, 2.45) is 11.8 Å². The van der Waals surface area contributed by atoms with Crippen LogP contribution in [0.1, 0.15) is 37.3 Å². The van der Waals surface area contributed by atoms with Crippen molar-refractivity contribution in [3.05, 3.63) is 48.6 Å². The molecule has 1 aromatic carbocycles. The fourth-order valence-electron chi connectivity index (χ4n) is 3.64. The average molecular weight is 227 g/mol. The highest BCUT2D eigenvalue weighted by molar-refractivity contribution is 5.22. The van der Waals surface area contributed by atoms with Gasteiger partial charge in [0.1, 0.15) is 0 Å². The van der Waals surface area contributed by atoms with E-state index < -0.39 is 0 Å². The summed E-state index contributed by atoms with van der Waals surface area (Å²) in [6.07, 6.45) is 7.77. The maximum absolute atomic E-state index is 3.98. The Hall–Kier alpha value is -1.08. The van der Waals surface area contributed by atoms with Gasteiger partial charge in [0.2, 0.25) is 0 Å². The van der Waals surface area contributed by atoms with Gasteiger partial charge in [-0.05, 0) is 36.7 Å². The van der Waals surface area contributed by atoms with Gasteiger partial charge in [0.25, 0.3) is 0 Å². The Balaban J connectivity index is 1.69. The van der Waals surface area contributed by atoms with Crippen molar-refractivity contribution in [3.63, 3.8) is 0 Å². The Morgan fingerprint density at radius 1 is 1.18 bits per heavy atom. The monoisotopic (exact) mass is 227 g/mol. The van der Waals surface area contributed by atoms with Crippen molar-refractivity contribution in [3.8, 4) is 0 Å². The topological polar surface area (TPSA) is 12.0 Å². The van der Waals surface area contributed by atoms with Gasteiger partial charge in [0, 0.05) is 6.04 Å². The Kier molecular flexibility index (Phi) is 3.02. The van der Waals surface area contributed by atoms with E-state index in [1.54, 1.807) is 0 Å². The minimum Gasteiger partial charge on any atom is -0.304 e. The molecule has 4 unspecified atom stereocenters. The minimum atomic E-state index is 0.320. The highest BCUT2D eigenvalue weighted by atomic mass is 15.0. The van der Waals surface area contributed by atoms with Crippen molar-refractivity contribution in [1.82, 2.24) is 5.32 Å². The zero-order valence-corrected chi connectivity index (χ0v) is 10.3. The smallest absolute Gasteiger partial charge is 0.0505 e. The molecule has 1 N–H and O–H groups in total. The third-order valence-electron chi connectivity index (χ3n) is 4.53. The molecule has 3 rings (SSSR count). The quantitative estimate of drug-likeness (QED) is 0.773. The molecule has 2 aliphatic carbocycles. The van der Waals surface area contributed by atoms with Crippen LogP contribution in [0.2, 0.25) is 0 Å². The highest BCUT2D eigenvalue weighted by Crippen LogP contribution is 2.45. The van der Waals surface area contributed by atoms with Gasteiger partial charge in [-0.1, -0.05) is 42.8 Å². The average Bonchev–Trinajstić information content (AvgIpc) is 2.99. The van der Waals surface area contributed by atoms with Gasteiger partial charge >= 0.3 is 0 Å². The van der Waals surface area contributed by atoms with Gasteiger partial charge in [0.05, 0.1) is 6.04 Å². The number of fused-ring (bicyclic) bond motifs is 2. The van der Waals surface area contributed by atoms with Crippen LogP contribution in [0, 0.1) is 11.8 Å². The van der Waals surface area contributed by atoms with E-state index in [2.05, 4.69) is 42.2 Å². The first kappa shape index (κ1) is 11.0. The van der Waals surface area contributed by atoms with E-state index in [0.29, 0.717) is 6.04 Å². The predicted molar refractivity (Wildman–Crippen MR) is 71.8 cm³/mol. The third-order valence-corrected chi connectivity index (χ3v) is 4.53. The van der Waals surface area contributed by atoms with Gasteiger partial charge in [0.15, 0.2) is 0 Å². The Morgan fingerprint density at radius 2 is 2.00 bits per heavy atom. The summed E-state index contributed by atoms with van der Waals surface area (Å²) in [5.74, 6) is 1.92. The van der Waals surface area contributed by atoms with Crippen LogP contribution in [-0.2, 0) is 0 Å². The number of benzene rings is 1. The second-order valence-electron chi connectivity index (χ2n) is 5.57. The Labute approximate surface area is 104 Å². The van der Waals surface area contributed by atoms with E-state index in [1.807, 2.05) is 6.08 Å². The van der Waals surface area contributed by atoms with Gasteiger partial charge in [-0.25, -0.2) is 0 Å². The van der Waals surface area contributed by atoms with E-state index in [0.717, 1.165) is 17.9 Å². The third kappa shape index (κ3) is 2.16. The molecule has 0 spiro atoms. The van der Waals surface area contributed by atoms with Crippen LogP contribution in [0.5, 0.6) is 0 Å². The van der Waals surface area contributed by atoms with Crippen molar-refractivity contribution < 1.29 is 0 Å². The van der Waals surface area contributed by atoms with Gasteiger partial charge in [-0.2, -0.15) is 0 Å². The standard InChI is InChI=1S/C16H21N/c1-2-15(13-6-4-3-5-7-13)17-16-11-12-8-9-14(16)10-12/h2-7,12,14-17H,1,8-11H2. The lowest BCUT2D eigenvalue weighted by Crippen LogP contribution is -2.36. The van der Waals surface area contributed by atoms with E-state index in [4.69, 9.17) is 0 Å². The molecule has 0 saturated heterocycles. The van der Waals surface area contributed by atoms with Crippen molar-refractivity contribution in [2.75, 3.05) is 0 Å². The van der Waals surface area contributed by atoms with Gasteiger partial charge in [-0.15, -0.1) is 6.58 Å². The summed E-state index contributed by atoms with van der Waals surface area (Å²) < 4.78 is 0. The second-order valence-corrected chi connectivity index (χ2v) is 5.57. The molecular formula is C16H21N. The molecular weight excluding hydrogens is 206 g/mol. The number of hydrogen-bond donors (Lipinski definition) is 1. The van der Waals surface area contributed by atoms with Crippen LogP contribution in [0.15, 0.2) is 43.0 Å². The number of nitrogens with one attached hydrogen (secondary N) is 1. The number of rotatable bonds is 4. The molecule has 2 fully saturated rings. The summed E-state index contributed by atoms with van der Waals surface area (Å²) in [6.45, 7) is 3.98. The molecule has 0 aliphatic heterocycles. The van der Waals surface area contributed by atoms with Crippen LogP contribution in [-0.4, -0.2) is 6.04 Å². The lowest BCUT2D eigenvalue weighted by molar-refractivity contribution is 0.337. The Bertz CT molecular complexity index is 384. The maximum Gasteiger partial charge on any atom is 0.0505 e. The largest absolute Gasteiger partial charge is 0.304 e. The first-order chi connectivity index (χ1) is 8.36. The van der Waals surface area contributed by atoms with E-state index in [-0.39, 0.29) is 0 Å². The summed E-state index contributed by atoms with van der Waals surface area (Å²) in [5.41, 5.74) is 1.34. The highest BCUT2D eigenvalue weighted by Gasteiger charge is 2.39. The normalized spacial score (nSPS) is 32.6. The van der Waals surface area contributed by atoms with Crippen LogP contribution >= 0.6 is 0 Å². The van der Waals surface area contributed by atoms with E-state index >= 15 is 0 Å². The lowest BCUT2D eigenvalue weighted by atomic mass is 9.94. The molecule has 2 saturated carbocycles. The zero-order valence-electron chi connectivity index (χ0n) is 10.3. The molecule has 0 heterocycles. The SMILES string of the molecule is C=CC(NC1CC2CCC1C2)c1ccccc1. The summed E-state index contributed by atoms with van der Waals surface area (Å²) >= 11 is 0. The molecule has 90 valence electrons. The van der Waals surface area contributed by atoms with Crippen LogP contribution in [0.25, 0.3) is 0 Å². The van der Waals surface area contributed by atoms with Crippen LogP contribution < -0.4 is 5.32 Å². The summed E-state index contributed by atoms with van der Waals surface area (Å²) in [7, 11) is 0. The predicted octanol–water partition coefficient (Wildman–Crippen LogP) is 3.69. The summed E-state index contributed by atoms with van der Waals surface area (Å²) in [5, 5.41) is 3.80. The zero-order chi connectivity index (χ0) is 11.7. The summed E-state index contributed by atoms with van der Waals surface area (Å²) in [6, 6.07) is 11.7. The van der Waals surface area contributed by atoms with Crippen LogP contribution in [0.3, 0.4) is 0 Å². The molecule has 0 aromatic heterocycles. The van der Waals surface area contributed by atoms with Crippen LogP contribution in [0.4, 0.5) is 0 Å². The lowest BCUT2D eigenvalue weighted by Gasteiger charge is -2.27. The molecule has 1 aromatic rings. The molecule has 2 aliphatic rings. The molecule has 2 bridgehead atoms. The molecule has 17 heavy (non-hydrogen) atoms. The van der Waals surface area contributed by atoms with Crippen molar-refractivity contribution >= 4 is 0 Å². The van der Waals surface area contributed by atoms with Gasteiger partial charge in [-0.3, -0.25) is 0 Å². The summed E-state index contributed by atoms with van der Waals surface area (Å²) in [4.78, 5) is 0. The van der Waals surface area contributed by atoms with Gasteiger partial charge < -0.3 is 5.32 Å². The van der Waals surface area contributed by atoms with Crippen molar-refractivity contribution in [2.45, 2.75) is 37.8 Å².